The van der Waals surface area contributed by atoms with Gasteiger partial charge in [0.2, 0.25) is 11.8 Å². The molecule has 0 aliphatic heterocycles. The minimum atomic E-state index is -0.809. The highest BCUT2D eigenvalue weighted by Crippen LogP contribution is 2.24. The first-order valence-electron chi connectivity index (χ1n) is 7.78. The molecule has 0 aromatic heterocycles. The molecule has 0 aromatic rings. The first kappa shape index (κ1) is 17.5. The fraction of sp³-hybridized carbons (Fsp3) is 0.800. The van der Waals surface area contributed by atoms with Crippen LogP contribution in [0.5, 0.6) is 0 Å². The fourth-order valence-electron chi connectivity index (χ4n) is 2.48. The predicted molar refractivity (Wildman–Crippen MR) is 78.6 cm³/mol. The first-order valence-corrected chi connectivity index (χ1v) is 7.78. The van der Waals surface area contributed by atoms with E-state index in [4.69, 9.17) is 5.11 Å². The summed E-state index contributed by atoms with van der Waals surface area (Å²) in [5.74, 6) is -1.10. The van der Waals surface area contributed by atoms with Gasteiger partial charge in [-0.05, 0) is 25.7 Å². The second kappa shape index (κ2) is 9.37. The van der Waals surface area contributed by atoms with Crippen molar-refractivity contribution < 1.29 is 19.5 Å². The summed E-state index contributed by atoms with van der Waals surface area (Å²) >= 11 is 0. The number of carboxylic acids is 1. The largest absolute Gasteiger partial charge is 0.481 e. The lowest BCUT2D eigenvalue weighted by molar-refractivity contribution is -0.141. The summed E-state index contributed by atoms with van der Waals surface area (Å²) < 4.78 is 0. The molecule has 1 aliphatic rings. The van der Waals surface area contributed by atoms with E-state index in [0.29, 0.717) is 25.9 Å². The van der Waals surface area contributed by atoms with E-state index in [2.05, 4.69) is 10.6 Å². The minimum absolute atomic E-state index is 0.0654. The average molecular weight is 298 g/mol. The van der Waals surface area contributed by atoms with Crippen LogP contribution < -0.4 is 10.6 Å². The van der Waals surface area contributed by atoms with Crippen LogP contribution in [-0.2, 0) is 14.4 Å². The highest BCUT2D eigenvalue weighted by atomic mass is 16.4. The van der Waals surface area contributed by atoms with Crippen molar-refractivity contribution in [1.29, 1.82) is 0 Å². The molecule has 2 amide bonds. The minimum Gasteiger partial charge on any atom is -0.481 e. The number of nitrogens with one attached hydrogen (secondary N) is 2. The Labute approximate surface area is 125 Å². The zero-order valence-corrected chi connectivity index (χ0v) is 12.7. The van der Waals surface area contributed by atoms with Crippen molar-refractivity contribution in [2.45, 2.75) is 51.9 Å². The fourth-order valence-corrected chi connectivity index (χ4v) is 2.48. The Hall–Kier alpha value is -1.59. The third-order valence-corrected chi connectivity index (χ3v) is 3.93. The molecule has 120 valence electrons. The lowest BCUT2D eigenvalue weighted by atomic mass is 10.1. The summed E-state index contributed by atoms with van der Waals surface area (Å²) in [4.78, 5) is 33.9. The van der Waals surface area contributed by atoms with Gasteiger partial charge in [-0.1, -0.05) is 19.8 Å². The van der Waals surface area contributed by atoms with Crippen LogP contribution in [0.4, 0.5) is 0 Å². The zero-order valence-electron chi connectivity index (χ0n) is 12.7. The molecular weight excluding hydrogens is 272 g/mol. The van der Waals surface area contributed by atoms with Crippen molar-refractivity contribution >= 4 is 17.8 Å². The van der Waals surface area contributed by atoms with Crippen molar-refractivity contribution in [3.05, 3.63) is 0 Å². The van der Waals surface area contributed by atoms with Gasteiger partial charge >= 0.3 is 5.97 Å². The number of carbonyl (C=O) groups excluding carboxylic acids is 2. The summed E-state index contributed by atoms with van der Waals surface area (Å²) in [6.07, 6.45) is 5.62. The van der Waals surface area contributed by atoms with Crippen LogP contribution in [0.1, 0.15) is 51.9 Å². The molecule has 3 N–H and O–H groups in total. The Balaban J connectivity index is 2.01. The Morgan fingerprint density at radius 1 is 1.14 bits per heavy atom. The van der Waals surface area contributed by atoms with Gasteiger partial charge in [0.15, 0.2) is 0 Å². The Morgan fingerprint density at radius 3 is 2.43 bits per heavy atom. The van der Waals surface area contributed by atoms with Crippen LogP contribution in [-0.4, -0.2) is 36.0 Å². The molecule has 0 saturated heterocycles. The topological polar surface area (TPSA) is 95.5 Å². The van der Waals surface area contributed by atoms with Crippen molar-refractivity contribution in [3.63, 3.8) is 0 Å². The Bertz CT molecular complexity index is 365. The number of hydrogen-bond donors (Lipinski definition) is 3. The summed E-state index contributed by atoms with van der Waals surface area (Å²) in [5.41, 5.74) is 0. The zero-order chi connectivity index (χ0) is 15.7. The second-order valence-electron chi connectivity index (χ2n) is 5.75. The summed E-state index contributed by atoms with van der Waals surface area (Å²) in [5, 5.41) is 14.3. The molecule has 1 rings (SSSR count). The van der Waals surface area contributed by atoms with Gasteiger partial charge in [0.1, 0.15) is 0 Å². The van der Waals surface area contributed by atoms with E-state index < -0.39 is 5.97 Å². The number of carboxylic acid groups (broad SMARTS) is 1. The van der Waals surface area contributed by atoms with E-state index >= 15 is 0 Å². The first-order chi connectivity index (χ1) is 10.0. The third-order valence-electron chi connectivity index (χ3n) is 3.93. The van der Waals surface area contributed by atoms with Gasteiger partial charge in [-0.2, -0.15) is 0 Å². The molecule has 0 aromatic carbocycles. The van der Waals surface area contributed by atoms with E-state index in [-0.39, 0.29) is 30.1 Å². The van der Waals surface area contributed by atoms with Crippen LogP contribution in [0.25, 0.3) is 0 Å². The van der Waals surface area contributed by atoms with Gasteiger partial charge in [-0.15, -0.1) is 0 Å². The van der Waals surface area contributed by atoms with Crippen LogP contribution in [0.2, 0.25) is 0 Å². The number of aliphatic carboxylic acids is 1. The number of rotatable bonds is 9. The highest BCUT2D eigenvalue weighted by Gasteiger charge is 2.22. The molecule has 0 spiro atoms. The van der Waals surface area contributed by atoms with E-state index in [1.807, 2.05) is 0 Å². The molecule has 1 aliphatic carbocycles. The van der Waals surface area contributed by atoms with Gasteiger partial charge in [0.25, 0.3) is 0 Å². The lowest BCUT2D eigenvalue weighted by Crippen LogP contribution is -2.34. The highest BCUT2D eigenvalue weighted by molar-refractivity contribution is 5.80. The average Bonchev–Trinajstić information content (AvgIpc) is 2.97. The van der Waals surface area contributed by atoms with Gasteiger partial charge < -0.3 is 15.7 Å². The molecule has 0 bridgehead atoms. The number of amides is 2. The van der Waals surface area contributed by atoms with E-state index in [0.717, 1.165) is 25.7 Å². The molecule has 6 nitrogen and oxygen atoms in total. The van der Waals surface area contributed by atoms with E-state index in [9.17, 15) is 14.4 Å². The summed E-state index contributed by atoms with van der Waals surface area (Å²) in [7, 11) is 0. The molecule has 1 atom stereocenters. The molecule has 1 saturated carbocycles. The van der Waals surface area contributed by atoms with Crippen molar-refractivity contribution in [2.75, 3.05) is 13.1 Å². The molecule has 1 unspecified atom stereocenters. The molecule has 21 heavy (non-hydrogen) atoms. The van der Waals surface area contributed by atoms with Crippen LogP contribution in [0.15, 0.2) is 0 Å². The maximum atomic E-state index is 11.7. The van der Waals surface area contributed by atoms with E-state index in [1.54, 1.807) is 6.92 Å². The third kappa shape index (κ3) is 7.11. The van der Waals surface area contributed by atoms with Gasteiger partial charge in [0.05, 0.1) is 5.92 Å². The van der Waals surface area contributed by atoms with Crippen LogP contribution in [0, 0.1) is 11.8 Å². The standard InChI is InChI=1S/C15H26N2O4/c1-11(15(20)21)5-4-9-16-13(18)8-10-17-14(19)12-6-2-3-7-12/h11-12H,2-10H2,1H3,(H,16,18)(H,17,19)(H,20,21). The lowest BCUT2D eigenvalue weighted by Gasteiger charge is -2.10. The monoisotopic (exact) mass is 298 g/mol. The van der Waals surface area contributed by atoms with Gasteiger partial charge in [-0.25, -0.2) is 0 Å². The molecular formula is C15H26N2O4. The molecule has 0 heterocycles. The normalized spacial score (nSPS) is 16.4. The van der Waals surface area contributed by atoms with Crippen molar-refractivity contribution in [3.8, 4) is 0 Å². The molecule has 1 fully saturated rings. The molecule has 6 heteroatoms. The second-order valence-corrected chi connectivity index (χ2v) is 5.75. The van der Waals surface area contributed by atoms with Crippen molar-refractivity contribution in [1.82, 2.24) is 10.6 Å². The SMILES string of the molecule is CC(CCCNC(=O)CCNC(=O)C1CCCC1)C(=O)O. The van der Waals surface area contributed by atoms with E-state index in [1.165, 1.54) is 0 Å². The predicted octanol–water partition coefficient (Wildman–Crippen LogP) is 1.30. The number of carbonyl (C=O) groups is 3. The quantitative estimate of drug-likeness (QED) is 0.559. The van der Waals surface area contributed by atoms with Gasteiger partial charge in [-0.3, -0.25) is 14.4 Å². The van der Waals surface area contributed by atoms with Crippen molar-refractivity contribution in [2.24, 2.45) is 11.8 Å². The summed E-state index contributed by atoms with van der Waals surface area (Å²) in [6.45, 7) is 2.50. The maximum absolute atomic E-state index is 11.7. The Kier molecular flexibility index (Phi) is 7.79. The number of hydrogen-bond acceptors (Lipinski definition) is 3. The Morgan fingerprint density at radius 2 is 1.81 bits per heavy atom. The molecule has 0 radical (unpaired) electrons. The van der Waals surface area contributed by atoms with Gasteiger partial charge in [0, 0.05) is 25.4 Å². The van der Waals surface area contributed by atoms with Crippen LogP contribution >= 0.6 is 0 Å². The summed E-state index contributed by atoms with van der Waals surface area (Å²) in [6, 6.07) is 0. The maximum Gasteiger partial charge on any atom is 0.306 e. The smallest absolute Gasteiger partial charge is 0.306 e. The van der Waals surface area contributed by atoms with Crippen LogP contribution in [0.3, 0.4) is 0 Å².